The second kappa shape index (κ2) is 4.71. The monoisotopic (exact) mass is 294 g/mol. The maximum absolute atomic E-state index is 3.57. The predicted molar refractivity (Wildman–Crippen MR) is 74.2 cm³/mol. The van der Waals surface area contributed by atoms with Crippen LogP contribution in [0.1, 0.15) is 30.0 Å². The summed E-state index contributed by atoms with van der Waals surface area (Å²) in [6.45, 7) is 2.45. The van der Waals surface area contributed by atoms with Crippen LogP contribution in [0.15, 0.2) is 22.7 Å². The highest BCUT2D eigenvalue weighted by Gasteiger charge is 2.32. The predicted octanol–water partition coefficient (Wildman–Crippen LogP) is 2.73. The van der Waals surface area contributed by atoms with Crippen molar-refractivity contribution in [1.29, 1.82) is 0 Å². The number of halogens is 1. The Morgan fingerprint density at radius 3 is 3.00 bits per heavy atom. The summed E-state index contributed by atoms with van der Waals surface area (Å²) in [6.07, 6.45) is 3.82. The Bertz CT molecular complexity index is 419. The molecule has 0 spiro atoms. The molecule has 2 aliphatic rings. The molecule has 1 N–H and O–H groups in total. The molecule has 1 saturated heterocycles. The molecule has 1 aliphatic heterocycles. The first-order chi connectivity index (χ1) is 8.28. The van der Waals surface area contributed by atoms with Crippen LogP contribution < -0.4 is 5.32 Å². The van der Waals surface area contributed by atoms with Crippen LogP contribution in [0.4, 0.5) is 0 Å². The summed E-state index contributed by atoms with van der Waals surface area (Å²) in [5.41, 5.74) is 3.10. The van der Waals surface area contributed by atoms with Gasteiger partial charge < -0.3 is 5.32 Å². The minimum absolute atomic E-state index is 0.663. The van der Waals surface area contributed by atoms with Crippen molar-refractivity contribution < 1.29 is 0 Å². The average molecular weight is 295 g/mol. The number of rotatable bonds is 2. The number of aryl methyl sites for hydroxylation is 1. The fourth-order valence-corrected chi connectivity index (χ4v) is 3.66. The highest BCUT2D eigenvalue weighted by molar-refractivity contribution is 9.10. The zero-order valence-electron chi connectivity index (χ0n) is 10.2. The van der Waals surface area contributed by atoms with Crippen molar-refractivity contribution in [3.8, 4) is 0 Å². The minimum atomic E-state index is 0.663. The van der Waals surface area contributed by atoms with Gasteiger partial charge >= 0.3 is 0 Å². The van der Waals surface area contributed by atoms with E-state index in [1.807, 2.05) is 0 Å². The summed E-state index contributed by atoms with van der Waals surface area (Å²) in [6, 6.07) is 8.14. The van der Waals surface area contributed by atoms with Gasteiger partial charge in [-0.1, -0.05) is 22.0 Å². The maximum Gasteiger partial charge on any atom is 0.0354 e. The number of nitrogens with zero attached hydrogens (tertiary/aromatic N) is 1. The molecule has 1 heterocycles. The van der Waals surface area contributed by atoms with E-state index in [-0.39, 0.29) is 0 Å². The van der Waals surface area contributed by atoms with Crippen molar-refractivity contribution in [1.82, 2.24) is 10.2 Å². The molecule has 2 nitrogen and oxygen atoms in total. The number of hydrogen-bond acceptors (Lipinski definition) is 2. The Kier molecular flexibility index (Phi) is 3.24. The summed E-state index contributed by atoms with van der Waals surface area (Å²) in [5.74, 6) is 0. The van der Waals surface area contributed by atoms with E-state index in [1.54, 1.807) is 5.56 Å². The van der Waals surface area contributed by atoms with Gasteiger partial charge in [0, 0.05) is 29.6 Å². The van der Waals surface area contributed by atoms with Crippen LogP contribution in [0.25, 0.3) is 0 Å². The Morgan fingerprint density at radius 1 is 1.35 bits per heavy atom. The van der Waals surface area contributed by atoms with Gasteiger partial charge in [0.2, 0.25) is 0 Å². The molecule has 17 heavy (non-hydrogen) atoms. The molecule has 3 heteroatoms. The van der Waals surface area contributed by atoms with Crippen LogP contribution in [0.3, 0.4) is 0 Å². The van der Waals surface area contributed by atoms with Crippen molar-refractivity contribution in [2.45, 2.75) is 31.3 Å². The van der Waals surface area contributed by atoms with Gasteiger partial charge in [0.25, 0.3) is 0 Å². The van der Waals surface area contributed by atoms with E-state index in [1.165, 1.54) is 42.4 Å². The van der Waals surface area contributed by atoms with Crippen molar-refractivity contribution in [3.05, 3.63) is 33.8 Å². The average Bonchev–Trinajstić information content (AvgIpc) is 2.93. The quantitative estimate of drug-likeness (QED) is 0.902. The SMILES string of the molecule is CNC1CCN(C2CCc3cc(Br)ccc32)C1. The molecule has 0 radical (unpaired) electrons. The molecule has 0 amide bonds. The van der Waals surface area contributed by atoms with E-state index in [2.05, 4.69) is 51.4 Å². The second-order valence-corrected chi connectivity index (χ2v) is 6.08. The van der Waals surface area contributed by atoms with Crippen molar-refractivity contribution in [2.24, 2.45) is 0 Å². The number of likely N-dealkylation sites (N-methyl/N-ethyl adjacent to an activating group) is 1. The van der Waals surface area contributed by atoms with Gasteiger partial charge in [0.05, 0.1) is 0 Å². The fourth-order valence-electron chi connectivity index (χ4n) is 3.25. The molecule has 0 saturated carbocycles. The van der Waals surface area contributed by atoms with Crippen molar-refractivity contribution in [3.63, 3.8) is 0 Å². The number of likely N-dealkylation sites (tertiary alicyclic amines) is 1. The lowest BCUT2D eigenvalue weighted by Gasteiger charge is -2.24. The third kappa shape index (κ3) is 2.16. The first kappa shape index (κ1) is 11.7. The van der Waals surface area contributed by atoms with Gasteiger partial charge in [-0.15, -0.1) is 0 Å². The molecule has 92 valence electrons. The third-order valence-electron chi connectivity index (χ3n) is 4.22. The number of benzene rings is 1. The van der Waals surface area contributed by atoms with Crippen LogP contribution in [0.5, 0.6) is 0 Å². The lowest BCUT2D eigenvalue weighted by atomic mass is 10.1. The first-order valence-electron chi connectivity index (χ1n) is 6.47. The highest BCUT2D eigenvalue weighted by atomic mass is 79.9. The smallest absolute Gasteiger partial charge is 0.0354 e. The van der Waals surface area contributed by atoms with Crippen molar-refractivity contribution >= 4 is 15.9 Å². The zero-order valence-corrected chi connectivity index (χ0v) is 11.8. The minimum Gasteiger partial charge on any atom is -0.316 e. The molecular formula is C14H19BrN2. The molecule has 1 aliphatic carbocycles. The number of hydrogen-bond donors (Lipinski definition) is 1. The van der Waals surface area contributed by atoms with Crippen LogP contribution in [0, 0.1) is 0 Å². The van der Waals surface area contributed by atoms with Gasteiger partial charge in [-0.05, 0) is 49.6 Å². The van der Waals surface area contributed by atoms with Gasteiger partial charge in [-0.25, -0.2) is 0 Å². The third-order valence-corrected chi connectivity index (χ3v) is 4.71. The Hall–Kier alpha value is -0.380. The van der Waals surface area contributed by atoms with E-state index < -0.39 is 0 Å². The van der Waals surface area contributed by atoms with E-state index in [0.29, 0.717) is 12.1 Å². The molecule has 0 bridgehead atoms. The molecular weight excluding hydrogens is 276 g/mol. The molecule has 1 aromatic carbocycles. The van der Waals surface area contributed by atoms with Crippen LogP contribution in [0.2, 0.25) is 0 Å². The van der Waals surface area contributed by atoms with Crippen LogP contribution >= 0.6 is 15.9 Å². The fraction of sp³-hybridized carbons (Fsp3) is 0.571. The lowest BCUT2D eigenvalue weighted by Crippen LogP contribution is -2.31. The molecule has 2 atom stereocenters. The van der Waals surface area contributed by atoms with Crippen LogP contribution in [-0.4, -0.2) is 31.1 Å². The van der Waals surface area contributed by atoms with E-state index >= 15 is 0 Å². The van der Waals surface area contributed by atoms with Gasteiger partial charge in [0.15, 0.2) is 0 Å². The van der Waals surface area contributed by atoms with E-state index in [4.69, 9.17) is 0 Å². The maximum atomic E-state index is 3.57. The summed E-state index contributed by atoms with van der Waals surface area (Å²) in [7, 11) is 2.08. The van der Waals surface area contributed by atoms with Gasteiger partial charge in [-0.3, -0.25) is 4.90 Å². The summed E-state index contributed by atoms with van der Waals surface area (Å²) < 4.78 is 1.21. The number of nitrogens with one attached hydrogen (secondary N) is 1. The topological polar surface area (TPSA) is 15.3 Å². The Labute approximate surface area is 112 Å². The van der Waals surface area contributed by atoms with Crippen molar-refractivity contribution in [2.75, 3.05) is 20.1 Å². The highest BCUT2D eigenvalue weighted by Crippen LogP contribution is 2.38. The number of fused-ring (bicyclic) bond motifs is 1. The van der Waals surface area contributed by atoms with Crippen LogP contribution in [-0.2, 0) is 6.42 Å². The molecule has 3 rings (SSSR count). The Morgan fingerprint density at radius 2 is 2.24 bits per heavy atom. The summed E-state index contributed by atoms with van der Waals surface area (Å²) >= 11 is 3.57. The standard InChI is InChI=1S/C14H19BrN2/c1-16-12-6-7-17(9-12)14-5-2-10-8-11(15)3-4-13(10)14/h3-4,8,12,14,16H,2,5-7,9H2,1H3. The van der Waals surface area contributed by atoms with E-state index in [9.17, 15) is 0 Å². The first-order valence-corrected chi connectivity index (χ1v) is 7.27. The normalized spacial score (nSPS) is 28.6. The Balaban J connectivity index is 1.80. The van der Waals surface area contributed by atoms with E-state index in [0.717, 1.165) is 0 Å². The molecule has 1 aromatic rings. The van der Waals surface area contributed by atoms with Gasteiger partial charge in [0.1, 0.15) is 0 Å². The zero-order chi connectivity index (χ0) is 11.8. The lowest BCUT2D eigenvalue weighted by molar-refractivity contribution is 0.240. The largest absolute Gasteiger partial charge is 0.316 e. The van der Waals surface area contributed by atoms with Gasteiger partial charge in [-0.2, -0.15) is 0 Å². The molecule has 0 aromatic heterocycles. The second-order valence-electron chi connectivity index (χ2n) is 5.17. The summed E-state index contributed by atoms with van der Waals surface area (Å²) in [5, 5.41) is 3.40. The molecule has 2 unspecified atom stereocenters. The molecule has 1 fully saturated rings. The summed E-state index contributed by atoms with van der Waals surface area (Å²) in [4.78, 5) is 2.65.